The Kier molecular flexibility index (Phi) is 4.06. The number of anilines is 1. The highest BCUT2D eigenvalue weighted by Gasteiger charge is 2.26. The van der Waals surface area contributed by atoms with E-state index in [0.29, 0.717) is 10.6 Å². The van der Waals surface area contributed by atoms with Gasteiger partial charge < -0.3 is 16.6 Å². The summed E-state index contributed by atoms with van der Waals surface area (Å²) in [6, 6.07) is 6.48. The molecular weight excluding hydrogens is 367 g/mol. The summed E-state index contributed by atoms with van der Waals surface area (Å²) in [4.78, 5) is 28.8. The molecule has 128 valence electrons. The second-order valence-electron chi connectivity index (χ2n) is 5.33. The summed E-state index contributed by atoms with van der Waals surface area (Å²) in [6.07, 6.45) is 0. The van der Waals surface area contributed by atoms with Gasteiger partial charge in [-0.25, -0.2) is 9.38 Å². The van der Waals surface area contributed by atoms with E-state index in [1.165, 1.54) is 6.92 Å². The van der Waals surface area contributed by atoms with Crippen LogP contribution < -0.4 is 22.2 Å². The van der Waals surface area contributed by atoms with Crippen molar-refractivity contribution in [2.75, 3.05) is 5.73 Å². The number of benzene rings is 1. The molecule has 0 saturated carbocycles. The van der Waals surface area contributed by atoms with Crippen molar-refractivity contribution in [1.29, 1.82) is 0 Å². The van der Waals surface area contributed by atoms with E-state index in [1.54, 1.807) is 24.3 Å². The van der Waals surface area contributed by atoms with Crippen LogP contribution in [0.5, 0.6) is 0 Å². The zero-order valence-electron chi connectivity index (χ0n) is 12.9. The molecule has 0 radical (unpaired) electrons. The summed E-state index contributed by atoms with van der Waals surface area (Å²) in [7, 11) is 0. The molecule has 2 heterocycles. The highest BCUT2D eigenvalue weighted by atomic mass is 35.5. The van der Waals surface area contributed by atoms with E-state index >= 15 is 0 Å². The highest BCUT2D eigenvalue weighted by Crippen LogP contribution is 2.35. The van der Waals surface area contributed by atoms with Crippen molar-refractivity contribution in [2.24, 2.45) is 5.73 Å². The number of amides is 1. The van der Waals surface area contributed by atoms with E-state index < -0.39 is 11.5 Å². The maximum Gasteiger partial charge on any atom is 0.271 e. The third-order valence-corrected chi connectivity index (χ3v) is 4.34. The molecule has 3 aromatic rings. The normalized spacial score (nSPS) is 12.4. The van der Waals surface area contributed by atoms with Crippen LogP contribution in [0.3, 0.4) is 0 Å². The van der Waals surface area contributed by atoms with E-state index in [4.69, 9.17) is 34.7 Å². The van der Waals surface area contributed by atoms with E-state index in [2.05, 4.69) is 4.98 Å². The quantitative estimate of drug-likeness (QED) is 0.626. The van der Waals surface area contributed by atoms with Gasteiger partial charge in [-0.05, 0) is 24.6 Å². The van der Waals surface area contributed by atoms with Gasteiger partial charge in [0, 0.05) is 10.6 Å². The minimum Gasteiger partial charge on any atom is -0.512 e. The molecule has 25 heavy (non-hydrogen) atoms. The van der Waals surface area contributed by atoms with Gasteiger partial charge in [-0.2, -0.15) is 0 Å². The molecule has 0 aliphatic rings. The van der Waals surface area contributed by atoms with Crippen molar-refractivity contribution in [3.8, 4) is 11.1 Å². The highest BCUT2D eigenvalue weighted by molar-refractivity contribution is 6.34. The molecule has 1 amide bonds. The maximum atomic E-state index is 12.7. The molecule has 9 heteroatoms. The standard InChI is InChI=1S/C16H12Cl2N4O3/c1-6(23)9-13(19)21-15-11(14(20)24)10(12(18)22(15)16(9)25)7-2-4-8(17)5-3-7/h2-5,23H,1H3,(H2,19,21)(H2,20,24). The number of hydrogen-bond donors (Lipinski definition) is 3. The lowest BCUT2D eigenvalue weighted by atomic mass is 10.0. The molecule has 0 bridgehead atoms. The van der Waals surface area contributed by atoms with Gasteiger partial charge in [0.2, 0.25) is 0 Å². The van der Waals surface area contributed by atoms with Crippen molar-refractivity contribution >= 4 is 46.3 Å². The smallest absolute Gasteiger partial charge is 0.271 e. The first-order chi connectivity index (χ1) is 11.7. The topological polar surface area (TPSA) is 124 Å². The number of carbonyl (C=O) groups is 1. The summed E-state index contributed by atoms with van der Waals surface area (Å²) in [5, 5.41) is 9.94. The first kappa shape index (κ1) is 17.1. The Bertz CT molecular complexity index is 1130. The molecular formula is C16H12Cl2N4O3. The first-order valence-electron chi connectivity index (χ1n) is 7.03. The first-order valence-corrected chi connectivity index (χ1v) is 7.78. The van der Waals surface area contributed by atoms with E-state index in [-0.39, 0.29) is 38.7 Å². The molecule has 7 nitrogen and oxygen atoms in total. The summed E-state index contributed by atoms with van der Waals surface area (Å²) in [5.74, 6) is -1.36. The van der Waals surface area contributed by atoms with Crippen LogP contribution in [0.15, 0.2) is 29.1 Å². The van der Waals surface area contributed by atoms with Crippen molar-refractivity contribution < 1.29 is 9.90 Å². The minimum absolute atomic E-state index is 0.0433. The number of halogens is 2. The Hall–Kier alpha value is -2.77. The predicted octanol–water partition coefficient (Wildman–Crippen LogP) is 1.75. The van der Waals surface area contributed by atoms with Crippen LogP contribution in [0.25, 0.3) is 22.5 Å². The number of aliphatic hydroxyl groups is 1. The van der Waals surface area contributed by atoms with Gasteiger partial charge in [0.1, 0.15) is 21.9 Å². The van der Waals surface area contributed by atoms with E-state index in [0.717, 1.165) is 4.40 Å². The average Bonchev–Trinajstić information content (AvgIpc) is 2.80. The fourth-order valence-corrected chi connectivity index (χ4v) is 3.15. The van der Waals surface area contributed by atoms with E-state index in [1.807, 2.05) is 0 Å². The lowest BCUT2D eigenvalue weighted by molar-refractivity contribution is 0.100. The third kappa shape index (κ3) is 2.57. The van der Waals surface area contributed by atoms with Gasteiger partial charge in [0.25, 0.3) is 11.5 Å². The fourth-order valence-electron chi connectivity index (χ4n) is 2.67. The molecule has 3 rings (SSSR count). The lowest BCUT2D eigenvalue weighted by Crippen LogP contribution is -2.36. The molecule has 0 aliphatic heterocycles. The summed E-state index contributed by atoms with van der Waals surface area (Å²) in [5.41, 5.74) is 11.2. The van der Waals surface area contributed by atoms with Gasteiger partial charge in [0.15, 0.2) is 5.65 Å². The number of aromatic nitrogens is 2. The largest absolute Gasteiger partial charge is 0.512 e. The van der Waals surface area contributed by atoms with E-state index in [9.17, 15) is 14.7 Å². The Labute approximate surface area is 151 Å². The van der Waals surface area contributed by atoms with Crippen LogP contribution in [-0.4, -0.2) is 20.4 Å². The van der Waals surface area contributed by atoms with Gasteiger partial charge in [-0.15, -0.1) is 0 Å². The Morgan fingerprint density at radius 3 is 2.36 bits per heavy atom. The van der Waals surface area contributed by atoms with Crippen molar-refractivity contribution in [3.05, 3.63) is 55.6 Å². The SMILES string of the molecule is CC(O)=c1c(N)nc2c(C(N)=O)c(-c3ccc(Cl)cc3)c(Cl)n2c1=O. The molecule has 0 spiro atoms. The zero-order chi connectivity index (χ0) is 18.5. The molecule has 0 fully saturated rings. The average molecular weight is 379 g/mol. The number of primary amides is 1. The number of fused-ring (bicyclic) bond motifs is 1. The van der Waals surface area contributed by atoms with Crippen molar-refractivity contribution in [2.45, 2.75) is 6.92 Å². The number of rotatable bonds is 2. The molecule has 0 aliphatic carbocycles. The maximum absolute atomic E-state index is 12.7. The number of hydrogen-bond acceptors (Lipinski definition) is 5. The Morgan fingerprint density at radius 2 is 1.84 bits per heavy atom. The van der Waals surface area contributed by atoms with Crippen LogP contribution in [0.1, 0.15) is 17.3 Å². The zero-order valence-corrected chi connectivity index (χ0v) is 14.4. The molecule has 5 N–H and O–H groups in total. The monoisotopic (exact) mass is 378 g/mol. The molecule has 0 unspecified atom stereocenters. The number of nitrogens with zero attached hydrogens (tertiary/aromatic N) is 2. The molecule has 0 atom stereocenters. The number of nitrogens with two attached hydrogens (primary N) is 2. The van der Waals surface area contributed by atoms with Crippen molar-refractivity contribution in [3.63, 3.8) is 0 Å². The number of aliphatic hydroxyl groups excluding tert-OH is 1. The second-order valence-corrected chi connectivity index (χ2v) is 6.13. The lowest BCUT2D eigenvalue weighted by Gasteiger charge is -2.02. The van der Waals surface area contributed by atoms with Crippen LogP contribution in [0.4, 0.5) is 5.82 Å². The van der Waals surface area contributed by atoms with Gasteiger partial charge >= 0.3 is 0 Å². The fraction of sp³-hybridized carbons (Fsp3) is 0.0625. The molecule has 1 aromatic carbocycles. The van der Waals surface area contributed by atoms with Crippen LogP contribution >= 0.6 is 23.2 Å². The Balaban J connectivity index is 2.57. The minimum atomic E-state index is -0.821. The number of nitrogen functional groups attached to an aromatic ring is 1. The van der Waals surface area contributed by atoms with Crippen LogP contribution in [-0.2, 0) is 0 Å². The summed E-state index contributed by atoms with van der Waals surface area (Å²) < 4.78 is 0.997. The summed E-state index contributed by atoms with van der Waals surface area (Å²) in [6.45, 7) is 1.30. The predicted molar refractivity (Wildman–Crippen MR) is 96.8 cm³/mol. The van der Waals surface area contributed by atoms with Gasteiger partial charge in [-0.3, -0.25) is 9.59 Å². The second kappa shape index (κ2) is 5.94. The summed E-state index contributed by atoms with van der Waals surface area (Å²) >= 11 is 12.2. The van der Waals surface area contributed by atoms with Gasteiger partial charge in [0.05, 0.1) is 5.56 Å². The number of carbonyl (C=O) groups excluding carboxylic acids is 1. The van der Waals surface area contributed by atoms with Crippen molar-refractivity contribution in [1.82, 2.24) is 9.38 Å². The van der Waals surface area contributed by atoms with Crippen LogP contribution in [0.2, 0.25) is 10.2 Å². The Morgan fingerprint density at radius 1 is 1.24 bits per heavy atom. The molecule has 0 saturated heterocycles. The van der Waals surface area contributed by atoms with Gasteiger partial charge in [-0.1, -0.05) is 35.3 Å². The van der Waals surface area contributed by atoms with Crippen LogP contribution in [0, 0.1) is 0 Å². The molecule has 2 aromatic heterocycles. The third-order valence-electron chi connectivity index (χ3n) is 3.73.